The van der Waals surface area contributed by atoms with Gasteiger partial charge in [0.25, 0.3) is 5.95 Å². The standard InChI is InChI=1S/C26H29N5O2S/c1-17-13-18(2)28-26(27-17)31-20(4)23(19(3)29-31)14-25(32)30(16-22-10-8-12-34-22)15-21-9-6-7-11-24(21)33-5/h6-13H,14-16H2,1-5H3. The van der Waals surface area contributed by atoms with Crippen LogP contribution in [0.15, 0.2) is 47.8 Å². The number of para-hydroxylation sites is 1. The highest BCUT2D eigenvalue weighted by Crippen LogP contribution is 2.24. The molecule has 0 N–H and O–H groups in total. The second kappa shape index (κ2) is 10.2. The Morgan fingerprint density at radius 3 is 2.44 bits per heavy atom. The quantitative estimate of drug-likeness (QED) is 0.368. The van der Waals surface area contributed by atoms with Crippen molar-refractivity contribution in [2.45, 2.75) is 47.2 Å². The van der Waals surface area contributed by atoms with Gasteiger partial charge in [0.05, 0.1) is 25.8 Å². The van der Waals surface area contributed by atoms with E-state index < -0.39 is 0 Å². The minimum Gasteiger partial charge on any atom is -0.496 e. The number of aryl methyl sites for hydroxylation is 3. The first-order valence-corrected chi connectivity index (χ1v) is 12.0. The Hall–Kier alpha value is -3.52. The molecule has 176 valence electrons. The van der Waals surface area contributed by atoms with E-state index in [9.17, 15) is 4.79 Å². The summed E-state index contributed by atoms with van der Waals surface area (Å²) >= 11 is 1.65. The maximum absolute atomic E-state index is 13.6. The zero-order chi connectivity index (χ0) is 24.2. The van der Waals surface area contributed by atoms with Gasteiger partial charge >= 0.3 is 0 Å². The molecular weight excluding hydrogens is 446 g/mol. The Balaban J connectivity index is 1.63. The number of nitrogens with zero attached hydrogens (tertiary/aromatic N) is 5. The predicted octanol–water partition coefficient (Wildman–Crippen LogP) is 4.74. The van der Waals surface area contributed by atoms with E-state index in [1.807, 2.05) is 74.4 Å². The van der Waals surface area contributed by atoms with Gasteiger partial charge in [-0.3, -0.25) is 4.79 Å². The Bertz CT molecular complexity index is 1280. The summed E-state index contributed by atoms with van der Waals surface area (Å²) in [6.07, 6.45) is 0.253. The SMILES string of the molecule is COc1ccccc1CN(Cc1cccs1)C(=O)Cc1c(C)nn(-c2nc(C)cc(C)n2)c1C. The minimum atomic E-state index is 0.0337. The van der Waals surface area contributed by atoms with Crippen LogP contribution in [0.1, 0.15) is 38.8 Å². The first-order valence-electron chi connectivity index (χ1n) is 11.2. The maximum atomic E-state index is 13.6. The molecule has 0 saturated carbocycles. The van der Waals surface area contributed by atoms with Crippen molar-refractivity contribution in [2.75, 3.05) is 7.11 Å². The molecular formula is C26H29N5O2S. The molecule has 1 aromatic carbocycles. The third-order valence-corrected chi connectivity index (χ3v) is 6.62. The van der Waals surface area contributed by atoms with Crippen molar-refractivity contribution >= 4 is 17.2 Å². The summed E-state index contributed by atoms with van der Waals surface area (Å²) in [6.45, 7) is 8.78. The summed E-state index contributed by atoms with van der Waals surface area (Å²) in [6, 6.07) is 13.8. The van der Waals surface area contributed by atoms with Crippen LogP contribution in [-0.4, -0.2) is 37.7 Å². The maximum Gasteiger partial charge on any atom is 0.251 e. The van der Waals surface area contributed by atoms with E-state index in [2.05, 4.69) is 21.1 Å². The lowest BCUT2D eigenvalue weighted by Gasteiger charge is -2.23. The normalized spacial score (nSPS) is 11.0. The van der Waals surface area contributed by atoms with Crippen LogP contribution >= 0.6 is 11.3 Å². The number of ether oxygens (including phenoxy) is 1. The summed E-state index contributed by atoms with van der Waals surface area (Å²) in [5, 5.41) is 6.70. The van der Waals surface area contributed by atoms with Crippen molar-refractivity contribution in [2.24, 2.45) is 0 Å². The molecule has 8 heteroatoms. The zero-order valence-electron chi connectivity index (χ0n) is 20.2. The smallest absolute Gasteiger partial charge is 0.251 e. The number of carbonyl (C=O) groups is 1. The molecule has 4 aromatic rings. The van der Waals surface area contributed by atoms with Crippen LogP contribution in [0.2, 0.25) is 0 Å². The average Bonchev–Trinajstić information content (AvgIpc) is 3.41. The highest BCUT2D eigenvalue weighted by molar-refractivity contribution is 7.09. The van der Waals surface area contributed by atoms with E-state index in [-0.39, 0.29) is 12.3 Å². The van der Waals surface area contributed by atoms with Gasteiger partial charge in [-0.1, -0.05) is 24.3 Å². The molecule has 4 rings (SSSR count). The second-order valence-corrected chi connectivity index (χ2v) is 9.36. The van der Waals surface area contributed by atoms with Crippen LogP contribution in [0.3, 0.4) is 0 Å². The van der Waals surface area contributed by atoms with E-state index in [1.54, 1.807) is 23.1 Å². The van der Waals surface area contributed by atoms with Gasteiger partial charge in [0.1, 0.15) is 5.75 Å². The molecule has 0 atom stereocenters. The lowest BCUT2D eigenvalue weighted by atomic mass is 10.1. The Morgan fingerprint density at radius 2 is 1.76 bits per heavy atom. The van der Waals surface area contributed by atoms with Gasteiger partial charge in [0, 0.05) is 39.6 Å². The van der Waals surface area contributed by atoms with Crippen LogP contribution in [0.5, 0.6) is 5.75 Å². The highest BCUT2D eigenvalue weighted by atomic mass is 32.1. The summed E-state index contributed by atoms with van der Waals surface area (Å²) in [5.74, 6) is 1.34. The number of amides is 1. The molecule has 0 aliphatic rings. The molecule has 0 aliphatic heterocycles. The number of rotatable bonds is 8. The molecule has 0 saturated heterocycles. The van der Waals surface area contributed by atoms with Crippen molar-refractivity contribution in [3.05, 3.63) is 86.6 Å². The topological polar surface area (TPSA) is 73.1 Å². The first kappa shape index (κ1) is 23.6. The molecule has 1 amide bonds. The van der Waals surface area contributed by atoms with Gasteiger partial charge in [0.15, 0.2) is 0 Å². The van der Waals surface area contributed by atoms with Crippen LogP contribution in [0, 0.1) is 27.7 Å². The van der Waals surface area contributed by atoms with E-state index in [0.29, 0.717) is 19.0 Å². The molecule has 7 nitrogen and oxygen atoms in total. The molecule has 3 heterocycles. The fourth-order valence-corrected chi connectivity index (χ4v) is 4.77. The van der Waals surface area contributed by atoms with Crippen molar-refractivity contribution < 1.29 is 9.53 Å². The van der Waals surface area contributed by atoms with E-state index in [1.165, 1.54) is 0 Å². The number of benzene rings is 1. The van der Waals surface area contributed by atoms with E-state index in [0.717, 1.165) is 44.5 Å². The van der Waals surface area contributed by atoms with Gasteiger partial charge in [-0.25, -0.2) is 14.6 Å². The lowest BCUT2D eigenvalue weighted by Crippen LogP contribution is -2.31. The van der Waals surface area contributed by atoms with Gasteiger partial charge in [-0.05, 0) is 51.3 Å². The van der Waals surface area contributed by atoms with Crippen LogP contribution < -0.4 is 4.74 Å². The third-order valence-electron chi connectivity index (χ3n) is 5.76. The lowest BCUT2D eigenvalue weighted by molar-refractivity contribution is -0.131. The summed E-state index contributed by atoms with van der Waals surface area (Å²) in [4.78, 5) is 25.7. The number of hydrogen-bond donors (Lipinski definition) is 0. The Kier molecular flexibility index (Phi) is 7.07. The Labute approximate surface area is 204 Å². The third kappa shape index (κ3) is 5.17. The molecule has 34 heavy (non-hydrogen) atoms. The number of thiophene rings is 1. The summed E-state index contributed by atoms with van der Waals surface area (Å²) < 4.78 is 7.26. The van der Waals surface area contributed by atoms with Gasteiger partial charge in [-0.15, -0.1) is 11.3 Å². The average molecular weight is 476 g/mol. The molecule has 0 aliphatic carbocycles. The molecule has 0 radical (unpaired) electrons. The van der Waals surface area contributed by atoms with Crippen molar-refractivity contribution in [1.82, 2.24) is 24.6 Å². The van der Waals surface area contributed by atoms with Gasteiger partial charge in [0.2, 0.25) is 5.91 Å². The van der Waals surface area contributed by atoms with Crippen molar-refractivity contribution in [3.8, 4) is 11.7 Å². The van der Waals surface area contributed by atoms with E-state index in [4.69, 9.17) is 4.74 Å². The largest absolute Gasteiger partial charge is 0.496 e. The highest BCUT2D eigenvalue weighted by Gasteiger charge is 2.22. The monoisotopic (exact) mass is 475 g/mol. The second-order valence-electron chi connectivity index (χ2n) is 8.33. The van der Waals surface area contributed by atoms with Crippen LogP contribution in [-0.2, 0) is 24.3 Å². The first-order chi connectivity index (χ1) is 16.4. The van der Waals surface area contributed by atoms with Crippen LogP contribution in [0.4, 0.5) is 0 Å². The van der Waals surface area contributed by atoms with Crippen molar-refractivity contribution in [3.63, 3.8) is 0 Å². The summed E-state index contributed by atoms with van der Waals surface area (Å²) in [5.41, 5.74) is 5.33. The number of carbonyl (C=O) groups excluding carboxylic acids is 1. The fraction of sp³-hybridized carbons (Fsp3) is 0.308. The van der Waals surface area contributed by atoms with Crippen LogP contribution in [0.25, 0.3) is 5.95 Å². The number of methoxy groups -OCH3 is 1. The molecule has 0 fully saturated rings. The Morgan fingerprint density at radius 1 is 1.03 bits per heavy atom. The van der Waals surface area contributed by atoms with E-state index >= 15 is 0 Å². The molecule has 3 aromatic heterocycles. The van der Waals surface area contributed by atoms with Crippen molar-refractivity contribution in [1.29, 1.82) is 0 Å². The molecule has 0 spiro atoms. The number of aromatic nitrogens is 4. The summed E-state index contributed by atoms with van der Waals surface area (Å²) in [7, 11) is 1.65. The predicted molar refractivity (Wildman–Crippen MR) is 133 cm³/mol. The van der Waals surface area contributed by atoms with Gasteiger partial charge < -0.3 is 9.64 Å². The minimum absolute atomic E-state index is 0.0337. The van der Waals surface area contributed by atoms with Gasteiger partial charge in [-0.2, -0.15) is 5.10 Å². The fourth-order valence-electron chi connectivity index (χ4n) is 4.05. The molecule has 0 bridgehead atoms. The molecule has 0 unspecified atom stereocenters. The number of hydrogen-bond acceptors (Lipinski definition) is 6. The zero-order valence-corrected chi connectivity index (χ0v) is 21.0.